The first-order valence-corrected chi connectivity index (χ1v) is 11.4. The Bertz CT molecular complexity index is 974. The molecule has 1 saturated carbocycles. The molecular weight excluding hydrogens is 412 g/mol. The van der Waals surface area contributed by atoms with E-state index < -0.39 is 0 Å². The van der Waals surface area contributed by atoms with Crippen LogP contribution in [0.4, 0.5) is 11.5 Å². The number of amides is 2. The highest BCUT2D eigenvalue weighted by Gasteiger charge is 2.52. The normalized spacial score (nSPS) is 25.7. The van der Waals surface area contributed by atoms with Gasteiger partial charge < -0.3 is 15.5 Å². The maximum atomic E-state index is 13.2. The summed E-state index contributed by atoms with van der Waals surface area (Å²) in [5.74, 6) is 1.01. The van der Waals surface area contributed by atoms with Crippen LogP contribution in [0.25, 0.3) is 0 Å². The number of hydrogen-bond acceptors (Lipinski definition) is 4. The Kier molecular flexibility index (Phi) is 5.13. The fourth-order valence-corrected chi connectivity index (χ4v) is 5.48. The number of carbonyl (C=O) groups excluding carboxylic acids is 2. The van der Waals surface area contributed by atoms with E-state index in [0.29, 0.717) is 22.8 Å². The highest BCUT2D eigenvalue weighted by Crippen LogP contribution is 2.49. The Hall–Kier alpha value is -2.60. The molecule has 0 spiro atoms. The molecule has 2 aromatic rings. The molecule has 2 saturated heterocycles. The molecule has 1 aromatic carbocycles. The first kappa shape index (κ1) is 20.3. The number of pyridine rings is 1. The molecule has 1 unspecified atom stereocenters. The maximum absolute atomic E-state index is 13.2. The molecule has 2 N–H and O–H groups in total. The fourth-order valence-electron chi connectivity index (χ4n) is 5.35. The molecule has 3 heterocycles. The van der Waals surface area contributed by atoms with Gasteiger partial charge in [-0.15, -0.1) is 0 Å². The Morgan fingerprint density at radius 2 is 1.74 bits per heavy atom. The highest BCUT2D eigenvalue weighted by molar-refractivity contribution is 6.30. The average Bonchev–Trinajstić information content (AvgIpc) is 3.50. The van der Waals surface area contributed by atoms with Crippen molar-refractivity contribution in [1.29, 1.82) is 0 Å². The van der Waals surface area contributed by atoms with Gasteiger partial charge in [0, 0.05) is 30.1 Å². The van der Waals surface area contributed by atoms with Crippen LogP contribution in [0.1, 0.15) is 51.0 Å². The predicted molar refractivity (Wildman–Crippen MR) is 121 cm³/mol. The number of carbonyl (C=O) groups is 2. The van der Waals surface area contributed by atoms with E-state index in [1.54, 1.807) is 6.20 Å². The number of nitrogens with one attached hydrogen (secondary N) is 2. The van der Waals surface area contributed by atoms with Crippen LogP contribution in [0.3, 0.4) is 0 Å². The minimum Gasteiger partial charge on any atom is -0.352 e. The van der Waals surface area contributed by atoms with Crippen molar-refractivity contribution < 1.29 is 9.59 Å². The number of piperidine rings is 1. The summed E-state index contributed by atoms with van der Waals surface area (Å²) in [5, 5.41) is 6.83. The SMILES string of the molecule is CC(=O)Nc1ccc(N2[C@@H]3CC[C@H]2CC(NC(=O)C2(c4ccc(Cl)cc4)CC2)C3)nc1. The van der Waals surface area contributed by atoms with Gasteiger partial charge in [0.15, 0.2) is 0 Å². The van der Waals surface area contributed by atoms with Gasteiger partial charge >= 0.3 is 0 Å². The summed E-state index contributed by atoms with van der Waals surface area (Å²) < 4.78 is 0. The minimum atomic E-state index is -0.373. The molecule has 1 aliphatic carbocycles. The zero-order chi connectivity index (χ0) is 21.6. The van der Waals surface area contributed by atoms with E-state index in [2.05, 4.69) is 20.5 Å². The summed E-state index contributed by atoms with van der Waals surface area (Å²) in [4.78, 5) is 31.4. The van der Waals surface area contributed by atoms with Crippen LogP contribution >= 0.6 is 11.6 Å². The second kappa shape index (κ2) is 7.83. The number of fused-ring (bicyclic) bond motifs is 2. The Morgan fingerprint density at radius 3 is 2.29 bits per heavy atom. The van der Waals surface area contributed by atoms with E-state index in [1.165, 1.54) is 6.92 Å². The largest absolute Gasteiger partial charge is 0.352 e. The average molecular weight is 439 g/mol. The molecule has 5 rings (SSSR count). The number of nitrogens with zero attached hydrogens (tertiary/aromatic N) is 2. The third-order valence-electron chi connectivity index (χ3n) is 6.98. The second-order valence-corrected chi connectivity index (χ2v) is 9.55. The third kappa shape index (κ3) is 3.89. The van der Waals surface area contributed by atoms with Crippen LogP contribution in [0.15, 0.2) is 42.6 Å². The van der Waals surface area contributed by atoms with Gasteiger partial charge in [-0.2, -0.15) is 0 Å². The number of halogens is 1. The number of benzene rings is 1. The molecule has 31 heavy (non-hydrogen) atoms. The van der Waals surface area contributed by atoms with Crippen molar-refractivity contribution in [3.05, 3.63) is 53.2 Å². The molecule has 2 amide bonds. The third-order valence-corrected chi connectivity index (χ3v) is 7.23. The first-order valence-electron chi connectivity index (χ1n) is 11.0. The number of anilines is 2. The van der Waals surface area contributed by atoms with E-state index in [-0.39, 0.29) is 23.3 Å². The predicted octanol–water partition coefficient (Wildman–Crippen LogP) is 4.04. The molecule has 1 aromatic heterocycles. The van der Waals surface area contributed by atoms with Crippen molar-refractivity contribution in [2.24, 2.45) is 0 Å². The van der Waals surface area contributed by atoms with E-state index >= 15 is 0 Å². The molecule has 2 bridgehead atoms. The molecule has 0 radical (unpaired) electrons. The summed E-state index contributed by atoms with van der Waals surface area (Å²) in [6, 6.07) is 12.6. The number of aromatic nitrogens is 1. The van der Waals surface area contributed by atoms with E-state index in [4.69, 9.17) is 11.6 Å². The van der Waals surface area contributed by atoms with Crippen molar-refractivity contribution in [2.75, 3.05) is 10.2 Å². The molecule has 7 heteroatoms. The van der Waals surface area contributed by atoms with E-state index in [1.807, 2.05) is 36.4 Å². The van der Waals surface area contributed by atoms with Gasteiger partial charge in [0.05, 0.1) is 17.3 Å². The number of hydrogen-bond donors (Lipinski definition) is 2. The molecule has 6 nitrogen and oxygen atoms in total. The Balaban J connectivity index is 1.24. The summed E-state index contributed by atoms with van der Waals surface area (Å²) in [6.45, 7) is 1.49. The van der Waals surface area contributed by atoms with Gasteiger partial charge in [-0.1, -0.05) is 23.7 Å². The lowest BCUT2D eigenvalue weighted by molar-refractivity contribution is -0.124. The molecule has 162 valence electrons. The van der Waals surface area contributed by atoms with Crippen molar-refractivity contribution in [3.63, 3.8) is 0 Å². The van der Waals surface area contributed by atoms with Crippen LogP contribution in [0.5, 0.6) is 0 Å². The van der Waals surface area contributed by atoms with Crippen LogP contribution < -0.4 is 15.5 Å². The highest BCUT2D eigenvalue weighted by atomic mass is 35.5. The van der Waals surface area contributed by atoms with Gasteiger partial charge in [0.2, 0.25) is 11.8 Å². The summed E-state index contributed by atoms with van der Waals surface area (Å²) in [6.07, 6.45) is 7.63. The van der Waals surface area contributed by atoms with Crippen LogP contribution in [-0.2, 0) is 15.0 Å². The van der Waals surface area contributed by atoms with Gasteiger partial charge in [-0.3, -0.25) is 9.59 Å². The summed E-state index contributed by atoms with van der Waals surface area (Å²) in [7, 11) is 0. The lowest BCUT2D eigenvalue weighted by Crippen LogP contribution is -2.52. The molecule has 3 aliphatic rings. The lowest BCUT2D eigenvalue weighted by atomic mass is 9.92. The molecule has 2 aliphatic heterocycles. The van der Waals surface area contributed by atoms with Gasteiger partial charge in [0.1, 0.15) is 5.82 Å². The fraction of sp³-hybridized carbons (Fsp3) is 0.458. The van der Waals surface area contributed by atoms with E-state index in [0.717, 1.165) is 49.9 Å². The van der Waals surface area contributed by atoms with Crippen LogP contribution in [-0.4, -0.2) is 34.9 Å². The lowest BCUT2D eigenvalue weighted by Gasteiger charge is -2.40. The zero-order valence-electron chi connectivity index (χ0n) is 17.6. The number of rotatable bonds is 5. The minimum absolute atomic E-state index is 0.0989. The quantitative estimate of drug-likeness (QED) is 0.738. The molecule has 3 atom stereocenters. The molecular formula is C24H27ClN4O2. The first-order chi connectivity index (χ1) is 14.9. The Labute approximate surface area is 187 Å². The monoisotopic (exact) mass is 438 g/mol. The smallest absolute Gasteiger partial charge is 0.230 e. The van der Waals surface area contributed by atoms with Crippen molar-refractivity contribution in [3.8, 4) is 0 Å². The van der Waals surface area contributed by atoms with Gasteiger partial charge in [0.25, 0.3) is 0 Å². The summed E-state index contributed by atoms with van der Waals surface area (Å²) in [5.41, 5.74) is 1.41. The standard InChI is InChI=1S/C24H27ClN4O2/c1-15(30)27-18-6-9-22(26-14-18)29-20-7-8-21(29)13-19(12-20)28-23(31)24(10-11-24)16-2-4-17(25)5-3-16/h2-6,9,14,19-21H,7-8,10-13H2,1H3,(H,27,30)(H,28,31)/t19?,20-,21+. The second-order valence-electron chi connectivity index (χ2n) is 9.11. The van der Waals surface area contributed by atoms with Gasteiger partial charge in [-0.25, -0.2) is 4.98 Å². The maximum Gasteiger partial charge on any atom is 0.230 e. The Morgan fingerprint density at radius 1 is 1.06 bits per heavy atom. The van der Waals surface area contributed by atoms with Crippen LogP contribution in [0.2, 0.25) is 5.02 Å². The van der Waals surface area contributed by atoms with Crippen LogP contribution in [0, 0.1) is 0 Å². The van der Waals surface area contributed by atoms with Crippen molar-refractivity contribution >= 4 is 34.9 Å². The topological polar surface area (TPSA) is 74.3 Å². The van der Waals surface area contributed by atoms with Crippen molar-refractivity contribution in [1.82, 2.24) is 10.3 Å². The van der Waals surface area contributed by atoms with Crippen molar-refractivity contribution in [2.45, 2.75) is 69.0 Å². The van der Waals surface area contributed by atoms with E-state index in [9.17, 15) is 9.59 Å². The molecule has 3 fully saturated rings. The van der Waals surface area contributed by atoms with Gasteiger partial charge in [-0.05, 0) is 68.4 Å². The summed E-state index contributed by atoms with van der Waals surface area (Å²) >= 11 is 6.02. The zero-order valence-corrected chi connectivity index (χ0v) is 18.4.